The number of nitro groups is 1. The van der Waals surface area contributed by atoms with Crippen LogP contribution < -0.4 is 5.73 Å². The van der Waals surface area contributed by atoms with E-state index in [9.17, 15) is 10.1 Å². The molecule has 0 heterocycles. The van der Waals surface area contributed by atoms with E-state index in [1.165, 1.54) is 6.07 Å². The standard InChI is InChI=1S/C9H12N2O2/c1-6(2)9-7(10)4-3-5-8(9)11(12)13/h3-6H,10H2,1-2H3. The molecule has 0 spiro atoms. The number of rotatable bonds is 2. The molecular weight excluding hydrogens is 168 g/mol. The van der Waals surface area contributed by atoms with Crippen LogP contribution >= 0.6 is 0 Å². The van der Waals surface area contributed by atoms with Gasteiger partial charge in [0.15, 0.2) is 0 Å². The fraction of sp³-hybridized carbons (Fsp3) is 0.333. The number of hydrogen-bond donors (Lipinski definition) is 1. The van der Waals surface area contributed by atoms with Crippen molar-refractivity contribution in [3.05, 3.63) is 33.9 Å². The Morgan fingerprint density at radius 2 is 2.08 bits per heavy atom. The van der Waals surface area contributed by atoms with Gasteiger partial charge in [-0.3, -0.25) is 10.1 Å². The molecule has 0 atom stereocenters. The summed E-state index contributed by atoms with van der Waals surface area (Å²) in [6.45, 7) is 3.78. The second kappa shape index (κ2) is 3.43. The molecule has 0 fully saturated rings. The van der Waals surface area contributed by atoms with Gasteiger partial charge in [-0.25, -0.2) is 0 Å². The van der Waals surface area contributed by atoms with Crippen LogP contribution in [0.4, 0.5) is 11.4 Å². The highest BCUT2D eigenvalue weighted by molar-refractivity contribution is 5.59. The van der Waals surface area contributed by atoms with Crippen LogP contribution in [-0.4, -0.2) is 4.92 Å². The second-order valence-electron chi connectivity index (χ2n) is 3.19. The molecule has 0 saturated carbocycles. The van der Waals surface area contributed by atoms with Gasteiger partial charge in [0.2, 0.25) is 0 Å². The zero-order chi connectivity index (χ0) is 10.0. The first-order valence-electron chi connectivity index (χ1n) is 4.06. The van der Waals surface area contributed by atoms with Crippen molar-refractivity contribution >= 4 is 11.4 Å². The average molecular weight is 180 g/mol. The third kappa shape index (κ3) is 1.77. The van der Waals surface area contributed by atoms with Gasteiger partial charge in [0, 0.05) is 11.8 Å². The minimum absolute atomic E-state index is 0.0709. The van der Waals surface area contributed by atoms with Crippen LogP contribution in [0, 0.1) is 10.1 Å². The molecule has 0 aliphatic carbocycles. The van der Waals surface area contributed by atoms with Gasteiger partial charge in [-0.1, -0.05) is 19.9 Å². The largest absolute Gasteiger partial charge is 0.398 e. The normalized spacial score (nSPS) is 10.4. The molecule has 1 aromatic rings. The number of benzene rings is 1. The number of nitrogen functional groups attached to an aromatic ring is 1. The van der Waals surface area contributed by atoms with Crippen LogP contribution in [0.15, 0.2) is 18.2 Å². The van der Waals surface area contributed by atoms with Crippen molar-refractivity contribution in [1.29, 1.82) is 0 Å². The van der Waals surface area contributed by atoms with E-state index >= 15 is 0 Å². The van der Waals surface area contributed by atoms with Crippen molar-refractivity contribution in [3.8, 4) is 0 Å². The number of anilines is 1. The van der Waals surface area contributed by atoms with E-state index in [2.05, 4.69) is 0 Å². The van der Waals surface area contributed by atoms with Crippen molar-refractivity contribution in [2.75, 3.05) is 5.73 Å². The molecule has 70 valence electrons. The van der Waals surface area contributed by atoms with E-state index in [-0.39, 0.29) is 11.6 Å². The molecule has 0 aromatic heterocycles. The Balaban J connectivity index is 3.34. The quantitative estimate of drug-likeness (QED) is 0.431. The number of nitro benzene ring substituents is 1. The highest BCUT2D eigenvalue weighted by Crippen LogP contribution is 2.30. The van der Waals surface area contributed by atoms with E-state index in [4.69, 9.17) is 5.73 Å². The molecule has 0 aliphatic rings. The Morgan fingerprint density at radius 3 is 2.46 bits per heavy atom. The molecule has 13 heavy (non-hydrogen) atoms. The van der Waals surface area contributed by atoms with Crippen molar-refractivity contribution in [2.45, 2.75) is 19.8 Å². The van der Waals surface area contributed by atoms with Gasteiger partial charge in [-0.2, -0.15) is 0 Å². The van der Waals surface area contributed by atoms with E-state index in [0.29, 0.717) is 11.3 Å². The maximum atomic E-state index is 10.6. The lowest BCUT2D eigenvalue weighted by Gasteiger charge is -2.08. The van der Waals surface area contributed by atoms with Gasteiger partial charge < -0.3 is 5.73 Å². The number of hydrogen-bond acceptors (Lipinski definition) is 3. The van der Waals surface area contributed by atoms with Gasteiger partial charge in [0.05, 0.1) is 10.5 Å². The monoisotopic (exact) mass is 180 g/mol. The van der Waals surface area contributed by atoms with Crippen molar-refractivity contribution in [3.63, 3.8) is 0 Å². The summed E-state index contributed by atoms with van der Waals surface area (Å²) in [4.78, 5) is 10.2. The zero-order valence-electron chi connectivity index (χ0n) is 7.65. The second-order valence-corrected chi connectivity index (χ2v) is 3.19. The molecule has 0 bridgehead atoms. The predicted octanol–water partition coefficient (Wildman–Crippen LogP) is 2.30. The third-order valence-electron chi connectivity index (χ3n) is 1.89. The van der Waals surface area contributed by atoms with E-state index in [1.807, 2.05) is 13.8 Å². The average Bonchev–Trinajstić information content (AvgIpc) is 2.02. The van der Waals surface area contributed by atoms with E-state index in [0.717, 1.165) is 0 Å². The van der Waals surface area contributed by atoms with E-state index < -0.39 is 4.92 Å². The van der Waals surface area contributed by atoms with Gasteiger partial charge in [-0.05, 0) is 12.0 Å². The number of nitrogens with zero attached hydrogens (tertiary/aromatic N) is 1. The Bertz CT molecular complexity index is 334. The molecule has 0 amide bonds. The molecule has 2 N–H and O–H groups in total. The van der Waals surface area contributed by atoms with Crippen LogP contribution in [0.5, 0.6) is 0 Å². The Morgan fingerprint density at radius 1 is 1.46 bits per heavy atom. The van der Waals surface area contributed by atoms with Crippen LogP contribution in [0.25, 0.3) is 0 Å². The first-order chi connectivity index (χ1) is 6.04. The smallest absolute Gasteiger partial charge is 0.274 e. The topological polar surface area (TPSA) is 69.2 Å². The van der Waals surface area contributed by atoms with Crippen molar-refractivity contribution in [1.82, 2.24) is 0 Å². The summed E-state index contributed by atoms with van der Waals surface area (Å²) < 4.78 is 0. The summed E-state index contributed by atoms with van der Waals surface area (Å²) in [5.74, 6) is 0.0709. The third-order valence-corrected chi connectivity index (χ3v) is 1.89. The summed E-state index contributed by atoms with van der Waals surface area (Å²) >= 11 is 0. The molecule has 1 rings (SSSR count). The summed E-state index contributed by atoms with van der Waals surface area (Å²) in [6.07, 6.45) is 0. The lowest BCUT2D eigenvalue weighted by Crippen LogP contribution is -2.01. The lowest BCUT2D eigenvalue weighted by atomic mass is 9.99. The van der Waals surface area contributed by atoms with Gasteiger partial charge in [0.1, 0.15) is 0 Å². The van der Waals surface area contributed by atoms with Crippen LogP contribution in [0.1, 0.15) is 25.3 Å². The number of nitrogens with two attached hydrogens (primary N) is 1. The first-order valence-corrected chi connectivity index (χ1v) is 4.06. The molecular formula is C9H12N2O2. The van der Waals surface area contributed by atoms with Crippen molar-refractivity contribution in [2.24, 2.45) is 0 Å². The van der Waals surface area contributed by atoms with Gasteiger partial charge in [-0.15, -0.1) is 0 Å². The highest BCUT2D eigenvalue weighted by atomic mass is 16.6. The fourth-order valence-electron chi connectivity index (χ4n) is 1.36. The zero-order valence-corrected chi connectivity index (χ0v) is 7.65. The Labute approximate surface area is 76.5 Å². The van der Waals surface area contributed by atoms with Crippen LogP contribution in [-0.2, 0) is 0 Å². The first kappa shape index (κ1) is 9.51. The van der Waals surface area contributed by atoms with Crippen LogP contribution in [0.2, 0.25) is 0 Å². The molecule has 0 unspecified atom stereocenters. The predicted molar refractivity (Wildman–Crippen MR) is 51.6 cm³/mol. The summed E-state index contributed by atoms with van der Waals surface area (Å²) in [5, 5.41) is 10.6. The molecule has 1 aromatic carbocycles. The molecule has 0 saturated heterocycles. The molecule has 0 aliphatic heterocycles. The summed E-state index contributed by atoms with van der Waals surface area (Å²) in [6, 6.07) is 4.76. The van der Waals surface area contributed by atoms with Crippen molar-refractivity contribution < 1.29 is 4.92 Å². The SMILES string of the molecule is CC(C)c1c(N)cccc1[N+](=O)[O-]. The van der Waals surface area contributed by atoms with E-state index in [1.54, 1.807) is 12.1 Å². The highest BCUT2D eigenvalue weighted by Gasteiger charge is 2.18. The maximum absolute atomic E-state index is 10.6. The Kier molecular flexibility index (Phi) is 2.51. The van der Waals surface area contributed by atoms with Gasteiger partial charge in [0.25, 0.3) is 5.69 Å². The lowest BCUT2D eigenvalue weighted by molar-refractivity contribution is -0.385. The minimum atomic E-state index is -0.397. The fourth-order valence-corrected chi connectivity index (χ4v) is 1.36. The molecule has 0 radical (unpaired) electrons. The molecule has 4 heteroatoms. The summed E-state index contributed by atoms with van der Waals surface area (Å²) in [5.41, 5.74) is 6.87. The van der Waals surface area contributed by atoms with Crippen LogP contribution in [0.3, 0.4) is 0 Å². The summed E-state index contributed by atoms with van der Waals surface area (Å²) in [7, 11) is 0. The molecule has 4 nitrogen and oxygen atoms in total. The minimum Gasteiger partial charge on any atom is -0.398 e. The van der Waals surface area contributed by atoms with Gasteiger partial charge >= 0.3 is 0 Å². The Hall–Kier alpha value is -1.58. The maximum Gasteiger partial charge on any atom is 0.274 e.